The van der Waals surface area contributed by atoms with E-state index in [1.807, 2.05) is 25.1 Å². The van der Waals surface area contributed by atoms with Crippen LogP contribution in [0.3, 0.4) is 0 Å². The van der Waals surface area contributed by atoms with Gasteiger partial charge in [-0.05, 0) is 77.1 Å². The van der Waals surface area contributed by atoms with Crippen molar-refractivity contribution >= 4 is 0 Å². The zero-order chi connectivity index (χ0) is 34.4. The van der Waals surface area contributed by atoms with Gasteiger partial charge in [0.15, 0.2) is 5.82 Å². The lowest BCUT2D eigenvalue weighted by Crippen LogP contribution is -2.28. The van der Waals surface area contributed by atoms with E-state index in [1.165, 1.54) is 33.4 Å². The van der Waals surface area contributed by atoms with Crippen molar-refractivity contribution in [3.8, 4) is 56.2 Å². The number of rotatable bonds is 6. The first kappa shape index (κ1) is 30.6. The van der Waals surface area contributed by atoms with Crippen molar-refractivity contribution in [2.75, 3.05) is 0 Å². The predicted octanol–water partition coefficient (Wildman–Crippen LogP) is 11.5. The van der Waals surface area contributed by atoms with Gasteiger partial charge in [0.05, 0.1) is 16.8 Å². The smallest absolute Gasteiger partial charge is 0.160 e. The Labute approximate surface area is 299 Å². The Kier molecular flexibility index (Phi) is 7.48. The summed E-state index contributed by atoms with van der Waals surface area (Å²) in [6.07, 6.45) is 0. The number of pyridine rings is 1. The molecule has 2 heterocycles. The Morgan fingerprint density at radius 2 is 0.922 bits per heavy atom. The highest BCUT2D eigenvalue weighted by Gasteiger charge is 2.46. The minimum atomic E-state index is -0.489. The largest absolute Gasteiger partial charge is 0.258 e. The van der Waals surface area contributed by atoms with Crippen molar-refractivity contribution in [3.05, 3.63) is 210 Å². The van der Waals surface area contributed by atoms with Gasteiger partial charge in [-0.2, -0.15) is 0 Å². The van der Waals surface area contributed by atoms with Crippen molar-refractivity contribution in [2.24, 2.45) is 0 Å². The summed E-state index contributed by atoms with van der Waals surface area (Å²) in [5.41, 5.74) is 16.1. The van der Waals surface area contributed by atoms with Crippen molar-refractivity contribution in [1.29, 1.82) is 0 Å². The lowest BCUT2D eigenvalue weighted by molar-refractivity contribution is 0.768. The standard InChI is InChI=1S/C48H35N3/c1-32-25-27-40(33(2)49-32)35-17-14-18-36(29-35)45-31-46(51-47(50-45)34-15-6-3-7-16-34)37-26-28-42-41-23-12-13-24-43(41)48(44(42)30-37,38-19-8-4-9-20-38)39-21-10-5-11-22-39/h3-31H,1-2H3. The molecule has 0 spiro atoms. The van der Waals surface area contributed by atoms with Crippen LogP contribution in [0.4, 0.5) is 0 Å². The molecule has 8 aromatic rings. The average molecular weight is 654 g/mol. The Hall–Kier alpha value is -6.45. The summed E-state index contributed by atoms with van der Waals surface area (Å²) >= 11 is 0. The second kappa shape index (κ2) is 12.5. The van der Waals surface area contributed by atoms with Gasteiger partial charge >= 0.3 is 0 Å². The number of hydrogen-bond donors (Lipinski definition) is 0. The minimum absolute atomic E-state index is 0.489. The molecule has 2 aromatic heterocycles. The van der Waals surface area contributed by atoms with Gasteiger partial charge in [0.1, 0.15) is 0 Å². The monoisotopic (exact) mass is 653 g/mol. The van der Waals surface area contributed by atoms with Gasteiger partial charge in [-0.15, -0.1) is 0 Å². The number of fused-ring (bicyclic) bond motifs is 3. The quantitative estimate of drug-likeness (QED) is 0.179. The first-order chi connectivity index (χ1) is 25.1. The number of aromatic nitrogens is 3. The molecule has 1 aliphatic carbocycles. The van der Waals surface area contributed by atoms with E-state index < -0.39 is 5.41 Å². The molecule has 1 aliphatic rings. The summed E-state index contributed by atoms with van der Waals surface area (Å²) in [4.78, 5) is 15.2. The highest BCUT2D eigenvalue weighted by molar-refractivity contribution is 5.88. The van der Waals surface area contributed by atoms with Gasteiger partial charge < -0.3 is 0 Å². The molecule has 0 N–H and O–H groups in total. The average Bonchev–Trinajstić information content (AvgIpc) is 3.49. The molecule has 0 amide bonds. The van der Waals surface area contributed by atoms with Crippen LogP contribution in [-0.2, 0) is 5.41 Å². The van der Waals surface area contributed by atoms with Crippen molar-refractivity contribution in [1.82, 2.24) is 15.0 Å². The van der Waals surface area contributed by atoms with Gasteiger partial charge in [-0.3, -0.25) is 4.98 Å². The van der Waals surface area contributed by atoms with Crippen molar-refractivity contribution in [3.63, 3.8) is 0 Å². The summed E-state index contributed by atoms with van der Waals surface area (Å²) in [5.74, 6) is 0.697. The first-order valence-corrected chi connectivity index (χ1v) is 17.4. The van der Waals surface area contributed by atoms with Gasteiger partial charge in [-0.25, -0.2) is 9.97 Å². The van der Waals surface area contributed by atoms with Crippen LogP contribution in [-0.4, -0.2) is 15.0 Å². The maximum atomic E-state index is 5.25. The zero-order valence-electron chi connectivity index (χ0n) is 28.6. The Bertz CT molecular complexity index is 2500. The molecular weight excluding hydrogens is 619 g/mol. The van der Waals surface area contributed by atoms with Crippen LogP contribution < -0.4 is 0 Å². The predicted molar refractivity (Wildman–Crippen MR) is 208 cm³/mol. The van der Waals surface area contributed by atoms with Gasteiger partial charge in [-0.1, -0.05) is 152 Å². The van der Waals surface area contributed by atoms with Crippen LogP contribution in [0.1, 0.15) is 33.6 Å². The summed E-state index contributed by atoms with van der Waals surface area (Å²) in [7, 11) is 0. The fraction of sp³-hybridized carbons (Fsp3) is 0.0625. The Balaban J connectivity index is 1.27. The molecule has 3 nitrogen and oxygen atoms in total. The van der Waals surface area contributed by atoms with Crippen LogP contribution in [0.15, 0.2) is 176 Å². The van der Waals surface area contributed by atoms with E-state index in [1.54, 1.807) is 0 Å². The molecule has 0 radical (unpaired) electrons. The lowest BCUT2D eigenvalue weighted by Gasteiger charge is -2.34. The third-order valence-corrected chi connectivity index (χ3v) is 10.2. The number of hydrogen-bond acceptors (Lipinski definition) is 3. The second-order valence-corrected chi connectivity index (χ2v) is 13.3. The van der Waals surface area contributed by atoms with Crippen LogP contribution in [0.2, 0.25) is 0 Å². The summed E-state index contributed by atoms with van der Waals surface area (Å²) in [6.45, 7) is 4.10. The fourth-order valence-electron chi connectivity index (χ4n) is 7.90. The number of aryl methyl sites for hydroxylation is 2. The molecule has 0 fully saturated rings. The summed E-state index contributed by atoms with van der Waals surface area (Å²) in [5, 5.41) is 0. The summed E-state index contributed by atoms with van der Waals surface area (Å²) < 4.78 is 0. The highest BCUT2D eigenvalue weighted by Crippen LogP contribution is 2.56. The molecule has 6 aromatic carbocycles. The number of nitrogens with zero attached hydrogens (tertiary/aromatic N) is 3. The maximum absolute atomic E-state index is 5.25. The molecular formula is C48H35N3. The van der Waals surface area contributed by atoms with Gasteiger partial charge in [0.2, 0.25) is 0 Å². The zero-order valence-corrected chi connectivity index (χ0v) is 28.6. The van der Waals surface area contributed by atoms with Gasteiger partial charge in [0.25, 0.3) is 0 Å². The summed E-state index contributed by atoms with van der Waals surface area (Å²) in [6, 6.07) is 62.8. The third-order valence-electron chi connectivity index (χ3n) is 10.2. The molecule has 9 rings (SSSR count). The highest BCUT2D eigenvalue weighted by atomic mass is 14.9. The SMILES string of the molecule is Cc1ccc(-c2cccc(-c3cc(-c4ccc5c(c4)C(c4ccccc4)(c4ccccc4)c4ccccc4-5)nc(-c4ccccc4)n3)c2)c(C)n1. The van der Waals surface area contributed by atoms with Crippen LogP contribution in [0.25, 0.3) is 56.2 Å². The Morgan fingerprint density at radius 1 is 0.373 bits per heavy atom. The molecule has 0 aliphatic heterocycles. The normalized spacial score (nSPS) is 12.7. The minimum Gasteiger partial charge on any atom is -0.258 e. The van der Waals surface area contributed by atoms with Crippen LogP contribution in [0.5, 0.6) is 0 Å². The Morgan fingerprint density at radius 3 is 1.61 bits per heavy atom. The molecule has 0 unspecified atom stereocenters. The van der Waals surface area contributed by atoms with E-state index >= 15 is 0 Å². The maximum Gasteiger partial charge on any atom is 0.160 e. The van der Waals surface area contributed by atoms with E-state index in [9.17, 15) is 0 Å². The topological polar surface area (TPSA) is 38.7 Å². The molecule has 242 valence electrons. The molecule has 3 heteroatoms. The van der Waals surface area contributed by atoms with E-state index in [-0.39, 0.29) is 0 Å². The number of benzene rings is 6. The van der Waals surface area contributed by atoms with Crippen LogP contribution in [0, 0.1) is 13.8 Å². The molecule has 0 saturated heterocycles. The first-order valence-electron chi connectivity index (χ1n) is 17.4. The van der Waals surface area contributed by atoms with E-state index in [2.05, 4.69) is 165 Å². The molecule has 0 bridgehead atoms. The van der Waals surface area contributed by atoms with E-state index in [4.69, 9.17) is 15.0 Å². The lowest BCUT2D eigenvalue weighted by atomic mass is 9.67. The molecule has 51 heavy (non-hydrogen) atoms. The molecule has 0 saturated carbocycles. The van der Waals surface area contributed by atoms with E-state index in [0.29, 0.717) is 5.82 Å². The second-order valence-electron chi connectivity index (χ2n) is 13.3. The van der Waals surface area contributed by atoms with Crippen molar-refractivity contribution < 1.29 is 0 Å². The fourth-order valence-corrected chi connectivity index (χ4v) is 7.90. The van der Waals surface area contributed by atoms with Crippen molar-refractivity contribution in [2.45, 2.75) is 19.3 Å². The van der Waals surface area contributed by atoms with Crippen LogP contribution >= 0.6 is 0 Å². The van der Waals surface area contributed by atoms with E-state index in [0.717, 1.165) is 50.6 Å². The third kappa shape index (κ3) is 5.17. The molecule has 0 atom stereocenters. The van der Waals surface area contributed by atoms with Gasteiger partial charge in [0, 0.05) is 33.6 Å².